The van der Waals surface area contributed by atoms with Crippen LogP contribution in [0, 0.1) is 0 Å². The van der Waals surface area contributed by atoms with Gasteiger partial charge in [0.2, 0.25) is 0 Å². The summed E-state index contributed by atoms with van der Waals surface area (Å²) in [4.78, 5) is 0. The SMILES string of the molecule is C=C(C)Cn1nnc(CN)c1-c1ccc(C(C)(C)C)cc1. The highest BCUT2D eigenvalue weighted by molar-refractivity contribution is 5.62. The van der Waals surface area contributed by atoms with Gasteiger partial charge in [-0.05, 0) is 17.9 Å². The lowest BCUT2D eigenvalue weighted by molar-refractivity contribution is 0.590. The Morgan fingerprint density at radius 3 is 2.33 bits per heavy atom. The van der Waals surface area contributed by atoms with Crippen molar-refractivity contribution in [3.63, 3.8) is 0 Å². The van der Waals surface area contributed by atoms with E-state index in [4.69, 9.17) is 5.73 Å². The number of nitrogens with zero attached hydrogens (tertiary/aromatic N) is 3. The van der Waals surface area contributed by atoms with E-state index in [2.05, 4.69) is 61.9 Å². The second kappa shape index (κ2) is 5.82. The van der Waals surface area contributed by atoms with E-state index in [0.717, 1.165) is 22.5 Å². The highest BCUT2D eigenvalue weighted by Crippen LogP contribution is 2.27. The van der Waals surface area contributed by atoms with E-state index >= 15 is 0 Å². The predicted octanol–water partition coefficient (Wildman–Crippen LogP) is 3.28. The smallest absolute Gasteiger partial charge is 0.104 e. The number of nitrogens with two attached hydrogens (primary N) is 1. The van der Waals surface area contributed by atoms with Crippen molar-refractivity contribution in [3.8, 4) is 11.3 Å². The topological polar surface area (TPSA) is 56.7 Å². The Balaban J connectivity index is 2.45. The zero-order chi connectivity index (χ0) is 15.6. The third-order valence-electron chi connectivity index (χ3n) is 3.44. The van der Waals surface area contributed by atoms with Crippen LogP contribution in [0.4, 0.5) is 0 Å². The molecular weight excluding hydrogens is 260 g/mol. The van der Waals surface area contributed by atoms with Crippen LogP contribution in [0.5, 0.6) is 0 Å². The van der Waals surface area contributed by atoms with Crippen LogP contribution in [0.3, 0.4) is 0 Å². The fourth-order valence-corrected chi connectivity index (χ4v) is 2.30. The highest BCUT2D eigenvalue weighted by atomic mass is 15.4. The lowest BCUT2D eigenvalue weighted by atomic mass is 9.86. The van der Waals surface area contributed by atoms with Gasteiger partial charge in [-0.1, -0.05) is 62.4 Å². The quantitative estimate of drug-likeness (QED) is 0.877. The molecule has 0 fully saturated rings. The van der Waals surface area contributed by atoms with E-state index < -0.39 is 0 Å². The summed E-state index contributed by atoms with van der Waals surface area (Å²) < 4.78 is 1.87. The second-order valence-electron chi connectivity index (χ2n) is 6.53. The first-order valence-corrected chi connectivity index (χ1v) is 7.20. The van der Waals surface area contributed by atoms with Gasteiger partial charge in [0.15, 0.2) is 0 Å². The zero-order valence-electron chi connectivity index (χ0n) is 13.3. The minimum absolute atomic E-state index is 0.144. The van der Waals surface area contributed by atoms with E-state index in [0.29, 0.717) is 13.1 Å². The van der Waals surface area contributed by atoms with Gasteiger partial charge in [0, 0.05) is 12.1 Å². The summed E-state index contributed by atoms with van der Waals surface area (Å²) in [6.07, 6.45) is 0. The van der Waals surface area contributed by atoms with Crippen molar-refractivity contribution in [2.75, 3.05) is 0 Å². The third kappa shape index (κ3) is 3.39. The van der Waals surface area contributed by atoms with Crippen molar-refractivity contribution in [3.05, 3.63) is 47.7 Å². The number of allylic oxidation sites excluding steroid dienone is 1. The Bertz CT molecular complexity index is 630. The largest absolute Gasteiger partial charge is 0.325 e. The van der Waals surface area contributed by atoms with Crippen LogP contribution >= 0.6 is 0 Å². The number of hydrogen-bond acceptors (Lipinski definition) is 3. The Morgan fingerprint density at radius 2 is 1.86 bits per heavy atom. The Morgan fingerprint density at radius 1 is 1.24 bits per heavy atom. The summed E-state index contributed by atoms with van der Waals surface area (Å²) in [5, 5.41) is 8.38. The van der Waals surface area contributed by atoms with Crippen LogP contribution in [0.2, 0.25) is 0 Å². The van der Waals surface area contributed by atoms with Crippen LogP contribution in [0.1, 0.15) is 39.0 Å². The molecule has 0 spiro atoms. The molecular formula is C17H24N4. The van der Waals surface area contributed by atoms with Gasteiger partial charge in [-0.3, -0.25) is 0 Å². The molecule has 0 aliphatic carbocycles. The molecule has 2 aromatic rings. The monoisotopic (exact) mass is 284 g/mol. The van der Waals surface area contributed by atoms with Gasteiger partial charge in [-0.25, -0.2) is 4.68 Å². The molecule has 0 aliphatic heterocycles. The average Bonchev–Trinajstić information content (AvgIpc) is 2.80. The molecule has 0 atom stereocenters. The molecule has 4 heteroatoms. The van der Waals surface area contributed by atoms with Gasteiger partial charge in [0.05, 0.1) is 12.2 Å². The van der Waals surface area contributed by atoms with Crippen molar-refractivity contribution in [1.29, 1.82) is 0 Å². The van der Waals surface area contributed by atoms with E-state index in [1.54, 1.807) is 0 Å². The minimum Gasteiger partial charge on any atom is -0.325 e. The van der Waals surface area contributed by atoms with Gasteiger partial charge < -0.3 is 5.73 Å². The first-order valence-electron chi connectivity index (χ1n) is 7.20. The van der Waals surface area contributed by atoms with Crippen molar-refractivity contribution in [2.24, 2.45) is 5.73 Å². The first-order chi connectivity index (χ1) is 9.82. The Hall–Kier alpha value is -1.94. The maximum atomic E-state index is 5.79. The van der Waals surface area contributed by atoms with Gasteiger partial charge in [-0.15, -0.1) is 5.10 Å². The lowest BCUT2D eigenvalue weighted by Gasteiger charge is -2.19. The zero-order valence-corrected chi connectivity index (χ0v) is 13.3. The molecule has 0 amide bonds. The van der Waals surface area contributed by atoms with Crippen LogP contribution in [0.25, 0.3) is 11.3 Å². The maximum absolute atomic E-state index is 5.79. The average molecular weight is 284 g/mol. The predicted molar refractivity (Wildman–Crippen MR) is 86.9 cm³/mol. The molecule has 4 nitrogen and oxygen atoms in total. The maximum Gasteiger partial charge on any atom is 0.104 e. The fourth-order valence-electron chi connectivity index (χ4n) is 2.30. The normalized spacial score (nSPS) is 11.7. The summed E-state index contributed by atoms with van der Waals surface area (Å²) in [5.41, 5.74) is 11.2. The van der Waals surface area contributed by atoms with E-state index in [-0.39, 0.29) is 5.41 Å². The summed E-state index contributed by atoms with van der Waals surface area (Å²) in [6, 6.07) is 8.56. The number of rotatable bonds is 4. The Labute approximate surface area is 126 Å². The molecule has 0 bridgehead atoms. The second-order valence-corrected chi connectivity index (χ2v) is 6.53. The standard InChI is InChI=1S/C17H24N4/c1-12(2)11-21-16(15(10-18)19-20-21)13-6-8-14(9-7-13)17(3,4)5/h6-9H,1,10-11,18H2,2-5H3. The van der Waals surface area contributed by atoms with Crippen molar-refractivity contribution < 1.29 is 0 Å². The molecule has 0 saturated heterocycles. The van der Waals surface area contributed by atoms with Crippen LogP contribution in [-0.2, 0) is 18.5 Å². The van der Waals surface area contributed by atoms with Gasteiger partial charge in [-0.2, -0.15) is 0 Å². The summed E-state index contributed by atoms with van der Waals surface area (Å²) in [7, 11) is 0. The molecule has 21 heavy (non-hydrogen) atoms. The molecule has 0 aliphatic rings. The van der Waals surface area contributed by atoms with Crippen LogP contribution in [-0.4, -0.2) is 15.0 Å². The number of aromatic nitrogens is 3. The van der Waals surface area contributed by atoms with E-state index in [1.165, 1.54) is 5.56 Å². The summed E-state index contributed by atoms with van der Waals surface area (Å²) in [5.74, 6) is 0. The molecule has 2 N–H and O–H groups in total. The molecule has 112 valence electrons. The first kappa shape index (κ1) is 15.4. The molecule has 0 saturated carbocycles. The van der Waals surface area contributed by atoms with Gasteiger partial charge in [0.25, 0.3) is 0 Å². The highest BCUT2D eigenvalue weighted by Gasteiger charge is 2.16. The van der Waals surface area contributed by atoms with Gasteiger partial charge >= 0.3 is 0 Å². The molecule has 0 unspecified atom stereocenters. The molecule has 0 radical (unpaired) electrons. The molecule has 2 rings (SSSR count). The molecule has 1 aromatic heterocycles. The van der Waals surface area contributed by atoms with Gasteiger partial charge in [0.1, 0.15) is 5.69 Å². The van der Waals surface area contributed by atoms with Crippen LogP contribution < -0.4 is 5.73 Å². The molecule has 1 aromatic carbocycles. The Kier molecular flexibility index (Phi) is 4.28. The van der Waals surface area contributed by atoms with Crippen LogP contribution in [0.15, 0.2) is 36.4 Å². The van der Waals surface area contributed by atoms with E-state index in [1.807, 2.05) is 11.6 Å². The summed E-state index contributed by atoms with van der Waals surface area (Å²) >= 11 is 0. The van der Waals surface area contributed by atoms with Crippen molar-refractivity contribution in [1.82, 2.24) is 15.0 Å². The fraction of sp³-hybridized carbons (Fsp3) is 0.412. The number of hydrogen-bond donors (Lipinski definition) is 1. The molecule has 1 heterocycles. The number of benzene rings is 1. The minimum atomic E-state index is 0.144. The lowest BCUT2D eigenvalue weighted by Crippen LogP contribution is -2.11. The van der Waals surface area contributed by atoms with Crippen molar-refractivity contribution in [2.45, 2.75) is 46.2 Å². The summed E-state index contributed by atoms with van der Waals surface area (Å²) in [6.45, 7) is 13.6. The third-order valence-corrected chi connectivity index (χ3v) is 3.44. The van der Waals surface area contributed by atoms with Crippen molar-refractivity contribution >= 4 is 0 Å². The van der Waals surface area contributed by atoms with E-state index in [9.17, 15) is 0 Å².